The van der Waals surface area contributed by atoms with E-state index in [0.29, 0.717) is 10.8 Å². The highest BCUT2D eigenvalue weighted by atomic mass is 35.5. The van der Waals surface area contributed by atoms with E-state index >= 15 is 0 Å². The number of nitrogens with one attached hydrogen (secondary N) is 2. The SMILES string of the molecule is CN/C(=N\[N+](=O)[O-])Nc1ccc(Cl)nc1. The molecule has 0 aliphatic heterocycles. The molecule has 0 fully saturated rings. The summed E-state index contributed by atoms with van der Waals surface area (Å²) in [7, 11) is 1.51. The molecule has 0 aliphatic rings. The van der Waals surface area contributed by atoms with E-state index in [2.05, 4.69) is 20.7 Å². The second kappa shape index (κ2) is 5.11. The van der Waals surface area contributed by atoms with Gasteiger partial charge in [-0.15, -0.1) is 0 Å². The van der Waals surface area contributed by atoms with Crippen LogP contribution in [0.25, 0.3) is 0 Å². The van der Waals surface area contributed by atoms with Crippen LogP contribution in [-0.4, -0.2) is 23.0 Å². The van der Waals surface area contributed by atoms with Gasteiger partial charge in [0, 0.05) is 7.05 Å². The van der Waals surface area contributed by atoms with Crippen LogP contribution in [0.1, 0.15) is 0 Å². The topological polar surface area (TPSA) is 92.5 Å². The van der Waals surface area contributed by atoms with Crippen molar-refractivity contribution in [2.24, 2.45) is 5.10 Å². The van der Waals surface area contributed by atoms with E-state index in [1.165, 1.54) is 13.2 Å². The molecule has 1 rings (SSSR count). The van der Waals surface area contributed by atoms with Crippen LogP contribution in [0.3, 0.4) is 0 Å². The van der Waals surface area contributed by atoms with Crippen LogP contribution >= 0.6 is 11.6 Å². The number of pyridine rings is 1. The molecule has 0 saturated heterocycles. The zero-order valence-corrected chi connectivity index (χ0v) is 8.52. The number of aromatic nitrogens is 1. The first-order valence-corrected chi connectivity index (χ1v) is 4.29. The van der Waals surface area contributed by atoms with Crippen molar-refractivity contribution in [1.82, 2.24) is 10.3 Å². The summed E-state index contributed by atoms with van der Waals surface area (Å²) in [6.07, 6.45) is 1.44. The Hall–Kier alpha value is -1.89. The highest BCUT2D eigenvalue weighted by Crippen LogP contribution is 2.09. The monoisotopic (exact) mass is 229 g/mol. The summed E-state index contributed by atoms with van der Waals surface area (Å²) in [5.74, 6) is 0.0177. The largest absolute Gasteiger partial charge is 0.354 e. The van der Waals surface area contributed by atoms with Gasteiger partial charge in [0.25, 0.3) is 5.96 Å². The quantitative estimate of drug-likeness (QED) is 0.259. The van der Waals surface area contributed by atoms with Crippen molar-refractivity contribution in [1.29, 1.82) is 0 Å². The Morgan fingerprint density at radius 1 is 1.67 bits per heavy atom. The summed E-state index contributed by atoms with van der Waals surface area (Å²) in [5, 5.41) is 17.9. The van der Waals surface area contributed by atoms with Crippen LogP contribution in [0.5, 0.6) is 0 Å². The maximum atomic E-state index is 10.1. The Labute approximate surface area is 90.3 Å². The van der Waals surface area contributed by atoms with Crippen LogP contribution < -0.4 is 10.6 Å². The van der Waals surface area contributed by atoms with Gasteiger partial charge in [0.15, 0.2) is 5.03 Å². The molecule has 7 nitrogen and oxygen atoms in total. The Bertz CT molecular complexity index is 377. The standard InChI is InChI=1S/C7H8ClN5O2/c1-9-7(12-13(14)15)11-5-2-3-6(8)10-4-5/h2-4H,1H3,(H2,9,11,12). The molecule has 8 heteroatoms. The molecular weight excluding hydrogens is 222 g/mol. The molecular formula is C7H8ClN5O2. The van der Waals surface area contributed by atoms with E-state index in [1.54, 1.807) is 12.1 Å². The summed E-state index contributed by atoms with van der Waals surface area (Å²) in [5.41, 5.74) is 0.550. The maximum absolute atomic E-state index is 10.1. The molecule has 1 heterocycles. The average molecular weight is 230 g/mol. The minimum absolute atomic E-state index is 0.0177. The van der Waals surface area contributed by atoms with Gasteiger partial charge >= 0.3 is 0 Å². The van der Waals surface area contributed by atoms with Crippen molar-refractivity contribution in [3.8, 4) is 0 Å². The second-order valence-electron chi connectivity index (χ2n) is 2.43. The number of nitro groups is 1. The van der Waals surface area contributed by atoms with Crippen molar-refractivity contribution in [2.75, 3.05) is 12.4 Å². The third-order valence-electron chi connectivity index (χ3n) is 1.41. The van der Waals surface area contributed by atoms with Crippen molar-refractivity contribution in [3.63, 3.8) is 0 Å². The van der Waals surface area contributed by atoms with E-state index in [9.17, 15) is 10.1 Å². The zero-order chi connectivity index (χ0) is 11.3. The third kappa shape index (κ3) is 3.77. The van der Waals surface area contributed by atoms with Crippen LogP contribution in [-0.2, 0) is 0 Å². The number of anilines is 1. The lowest BCUT2D eigenvalue weighted by Crippen LogP contribution is -2.28. The predicted octanol–water partition coefficient (Wildman–Crippen LogP) is 0.914. The first-order valence-electron chi connectivity index (χ1n) is 3.91. The van der Waals surface area contributed by atoms with Gasteiger partial charge in [-0.2, -0.15) is 0 Å². The minimum atomic E-state index is -0.803. The second-order valence-corrected chi connectivity index (χ2v) is 2.82. The zero-order valence-electron chi connectivity index (χ0n) is 7.77. The lowest BCUT2D eigenvalue weighted by Gasteiger charge is -2.04. The number of nitrogens with zero attached hydrogens (tertiary/aromatic N) is 3. The van der Waals surface area contributed by atoms with Crippen LogP contribution in [0, 0.1) is 10.1 Å². The van der Waals surface area contributed by atoms with Gasteiger partial charge in [0.1, 0.15) is 10.3 Å². The fraction of sp³-hybridized carbons (Fsp3) is 0.143. The molecule has 0 amide bonds. The van der Waals surface area contributed by atoms with Crippen molar-refractivity contribution < 1.29 is 5.03 Å². The molecule has 15 heavy (non-hydrogen) atoms. The van der Waals surface area contributed by atoms with E-state index in [4.69, 9.17) is 11.6 Å². The number of hydrazone groups is 1. The summed E-state index contributed by atoms with van der Waals surface area (Å²) in [4.78, 5) is 13.9. The molecule has 0 saturated carbocycles. The lowest BCUT2D eigenvalue weighted by atomic mass is 10.4. The molecule has 0 spiro atoms. The highest BCUT2D eigenvalue weighted by Gasteiger charge is 2.02. The van der Waals surface area contributed by atoms with Gasteiger partial charge in [-0.3, -0.25) is 0 Å². The minimum Gasteiger partial charge on any atom is -0.354 e. The Morgan fingerprint density at radius 3 is 2.87 bits per heavy atom. The summed E-state index contributed by atoms with van der Waals surface area (Å²) < 4.78 is 0. The van der Waals surface area contributed by atoms with Crippen molar-refractivity contribution >= 4 is 23.2 Å². The average Bonchev–Trinajstić information content (AvgIpc) is 2.19. The Kier molecular flexibility index (Phi) is 3.81. The lowest BCUT2D eigenvalue weighted by molar-refractivity contribution is -0.485. The normalized spacial score (nSPS) is 10.9. The number of halogens is 1. The maximum Gasteiger partial charge on any atom is 0.272 e. The first kappa shape index (κ1) is 11.2. The van der Waals surface area contributed by atoms with Gasteiger partial charge in [0.2, 0.25) is 0 Å². The van der Waals surface area contributed by atoms with Crippen LogP contribution in [0.2, 0.25) is 5.15 Å². The van der Waals surface area contributed by atoms with Crippen LogP contribution in [0.4, 0.5) is 5.69 Å². The first-order chi connectivity index (χ1) is 7.11. The van der Waals surface area contributed by atoms with E-state index in [-0.39, 0.29) is 5.96 Å². The van der Waals surface area contributed by atoms with E-state index < -0.39 is 5.03 Å². The molecule has 1 aromatic rings. The fourth-order valence-corrected chi connectivity index (χ4v) is 0.917. The summed E-state index contributed by atoms with van der Waals surface area (Å²) >= 11 is 5.57. The number of hydrogen-bond donors (Lipinski definition) is 2. The van der Waals surface area contributed by atoms with Gasteiger partial charge in [-0.05, 0) is 12.1 Å². The molecule has 0 atom stereocenters. The van der Waals surface area contributed by atoms with Gasteiger partial charge in [0.05, 0.1) is 11.9 Å². The Morgan fingerprint density at radius 2 is 2.40 bits per heavy atom. The van der Waals surface area contributed by atoms with Gasteiger partial charge in [-0.1, -0.05) is 11.6 Å². The molecule has 1 aromatic heterocycles. The molecule has 0 unspecified atom stereocenters. The van der Waals surface area contributed by atoms with Crippen molar-refractivity contribution in [2.45, 2.75) is 0 Å². The van der Waals surface area contributed by atoms with Gasteiger partial charge in [-0.25, -0.2) is 15.1 Å². The molecule has 2 N–H and O–H groups in total. The van der Waals surface area contributed by atoms with Gasteiger partial charge < -0.3 is 10.6 Å². The number of hydrogen-bond acceptors (Lipinski definition) is 3. The van der Waals surface area contributed by atoms with Crippen molar-refractivity contribution in [3.05, 3.63) is 33.6 Å². The van der Waals surface area contributed by atoms with E-state index in [1.807, 2.05) is 0 Å². The fourth-order valence-electron chi connectivity index (χ4n) is 0.806. The predicted molar refractivity (Wildman–Crippen MR) is 56.4 cm³/mol. The molecule has 80 valence electrons. The third-order valence-corrected chi connectivity index (χ3v) is 1.63. The molecule has 0 bridgehead atoms. The summed E-state index contributed by atoms with van der Waals surface area (Å²) in [6.45, 7) is 0. The Balaban J connectivity index is 2.75. The van der Waals surface area contributed by atoms with Crippen LogP contribution in [0.15, 0.2) is 23.4 Å². The highest BCUT2D eigenvalue weighted by molar-refractivity contribution is 6.29. The smallest absolute Gasteiger partial charge is 0.272 e. The van der Waals surface area contributed by atoms with E-state index in [0.717, 1.165) is 0 Å². The summed E-state index contributed by atoms with van der Waals surface area (Å²) in [6, 6.07) is 3.19. The molecule has 0 aliphatic carbocycles. The number of rotatable bonds is 2. The molecule has 0 radical (unpaired) electrons. The molecule has 0 aromatic carbocycles. The number of guanidine groups is 1.